The summed E-state index contributed by atoms with van der Waals surface area (Å²) in [5.41, 5.74) is 8.42. The highest BCUT2D eigenvalue weighted by Gasteiger charge is 2.10. The number of nitrogen functional groups attached to an aromatic ring is 1. The monoisotopic (exact) mass is 420 g/mol. The van der Waals surface area contributed by atoms with Gasteiger partial charge >= 0.3 is 0 Å². The van der Waals surface area contributed by atoms with Crippen molar-refractivity contribution in [3.63, 3.8) is 0 Å². The minimum Gasteiger partial charge on any atom is -0.495 e. The van der Waals surface area contributed by atoms with Gasteiger partial charge in [-0.3, -0.25) is 0 Å². The van der Waals surface area contributed by atoms with Crippen molar-refractivity contribution in [1.29, 1.82) is 0 Å². The number of benzene rings is 2. The second-order valence-corrected chi connectivity index (χ2v) is 7.25. The number of oxazole rings is 1. The predicted molar refractivity (Wildman–Crippen MR) is 117 cm³/mol. The van der Waals surface area contributed by atoms with Gasteiger partial charge in [0.25, 0.3) is 0 Å². The normalized spacial score (nSPS) is 10.7. The number of anilines is 3. The van der Waals surface area contributed by atoms with E-state index in [1.807, 2.05) is 54.6 Å². The quantitative estimate of drug-likeness (QED) is 0.431. The van der Waals surface area contributed by atoms with Gasteiger partial charge in [-0.1, -0.05) is 30.3 Å². The van der Waals surface area contributed by atoms with Gasteiger partial charge in [-0.25, -0.2) is 4.98 Å². The number of nitrogens with two attached hydrogens (primary N) is 1. The minimum absolute atomic E-state index is 0.158. The molecule has 2 aromatic carbocycles. The van der Waals surface area contributed by atoms with Gasteiger partial charge in [0.2, 0.25) is 17.8 Å². The van der Waals surface area contributed by atoms with E-state index in [-0.39, 0.29) is 5.95 Å². The summed E-state index contributed by atoms with van der Waals surface area (Å²) in [5, 5.41) is 3.13. The number of hydrogen-bond donors (Lipinski definition) is 2. The van der Waals surface area contributed by atoms with E-state index in [0.29, 0.717) is 34.9 Å². The fraction of sp³-hybridized carbons (Fsp3) is 0.143. The van der Waals surface area contributed by atoms with Crippen molar-refractivity contribution < 1.29 is 9.15 Å². The summed E-state index contributed by atoms with van der Waals surface area (Å²) in [6.45, 7) is 0. The summed E-state index contributed by atoms with van der Waals surface area (Å²) in [5.74, 6) is 3.63. The molecular formula is C21H20N6O2S. The van der Waals surface area contributed by atoms with Gasteiger partial charge in [-0.15, -0.1) is 11.8 Å². The Bertz CT molecular complexity index is 1120. The molecule has 0 fully saturated rings. The van der Waals surface area contributed by atoms with E-state index >= 15 is 0 Å². The number of para-hydroxylation sites is 2. The summed E-state index contributed by atoms with van der Waals surface area (Å²) >= 11 is 1.62. The van der Waals surface area contributed by atoms with E-state index in [0.717, 1.165) is 16.9 Å². The lowest BCUT2D eigenvalue weighted by Gasteiger charge is -2.10. The first-order valence-electron chi connectivity index (χ1n) is 9.19. The number of methoxy groups -OCH3 is 1. The van der Waals surface area contributed by atoms with Crippen molar-refractivity contribution in [2.75, 3.05) is 18.2 Å². The van der Waals surface area contributed by atoms with Crippen LogP contribution >= 0.6 is 11.8 Å². The Kier molecular flexibility index (Phi) is 6.09. The molecule has 0 bridgehead atoms. The van der Waals surface area contributed by atoms with Crippen LogP contribution in [0.2, 0.25) is 0 Å². The van der Waals surface area contributed by atoms with Crippen molar-refractivity contribution >= 4 is 29.3 Å². The lowest BCUT2D eigenvalue weighted by molar-refractivity contribution is 0.417. The summed E-state index contributed by atoms with van der Waals surface area (Å²) in [6, 6.07) is 17.3. The predicted octanol–water partition coefficient (Wildman–Crippen LogP) is 4.29. The van der Waals surface area contributed by atoms with Gasteiger partial charge in [0.1, 0.15) is 17.8 Å². The maximum atomic E-state index is 5.86. The highest BCUT2D eigenvalue weighted by Crippen LogP contribution is 2.26. The van der Waals surface area contributed by atoms with Crippen LogP contribution in [0.5, 0.6) is 5.75 Å². The van der Waals surface area contributed by atoms with Crippen LogP contribution in [0.1, 0.15) is 11.5 Å². The van der Waals surface area contributed by atoms with Crippen LogP contribution in [0.4, 0.5) is 17.6 Å². The molecule has 0 aliphatic heterocycles. The molecule has 0 spiro atoms. The van der Waals surface area contributed by atoms with E-state index in [9.17, 15) is 0 Å². The molecule has 0 amide bonds. The lowest BCUT2D eigenvalue weighted by Crippen LogP contribution is -2.07. The van der Waals surface area contributed by atoms with Crippen molar-refractivity contribution in [1.82, 2.24) is 19.9 Å². The summed E-state index contributed by atoms with van der Waals surface area (Å²) in [7, 11) is 1.61. The van der Waals surface area contributed by atoms with Crippen molar-refractivity contribution in [2.45, 2.75) is 11.5 Å². The van der Waals surface area contributed by atoms with Crippen LogP contribution < -0.4 is 15.8 Å². The van der Waals surface area contributed by atoms with Gasteiger partial charge in [0.05, 0.1) is 24.2 Å². The summed E-state index contributed by atoms with van der Waals surface area (Å²) in [6.07, 6.45) is 1.67. The molecule has 3 N–H and O–H groups in total. The van der Waals surface area contributed by atoms with Gasteiger partial charge in [-0.05, 0) is 24.3 Å². The molecule has 0 unspecified atom stereocenters. The number of aromatic nitrogens is 4. The lowest BCUT2D eigenvalue weighted by atomic mass is 10.2. The molecule has 0 radical (unpaired) electrons. The van der Waals surface area contributed by atoms with Gasteiger partial charge in [0, 0.05) is 11.3 Å². The fourth-order valence-electron chi connectivity index (χ4n) is 2.76. The van der Waals surface area contributed by atoms with E-state index in [1.54, 1.807) is 25.1 Å². The zero-order valence-corrected chi connectivity index (χ0v) is 17.1. The maximum Gasteiger partial charge on any atom is 0.232 e. The van der Waals surface area contributed by atoms with Crippen LogP contribution in [0.3, 0.4) is 0 Å². The average Bonchev–Trinajstić information content (AvgIpc) is 3.23. The zero-order chi connectivity index (χ0) is 20.8. The highest BCUT2D eigenvalue weighted by molar-refractivity contribution is 7.97. The number of ether oxygens (including phenoxy) is 1. The van der Waals surface area contributed by atoms with E-state index in [4.69, 9.17) is 14.9 Å². The molecule has 30 heavy (non-hydrogen) atoms. The van der Waals surface area contributed by atoms with Crippen LogP contribution in [0.15, 0.2) is 65.3 Å². The number of nitrogens with zero attached hydrogens (tertiary/aromatic N) is 4. The summed E-state index contributed by atoms with van der Waals surface area (Å²) < 4.78 is 10.9. The smallest absolute Gasteiger partial charge is 0.232 e. The Labute approximate surface area is 177 Å². The first kappa shape index (κ1) is 19.7. The third kappa shape index (κ3) is 4.87. The molecule has 4 rings (SSSR count). The van der Waals surface area contributed by atoms with E-state index < -0.39 is 0 Å². The Morgan fingerprint density at radius 3 is 2.60 bits per heavy atom. The molecular weight excluding hydrogens is 400 g/mol. The minimum atomic E-state index is 0.158. The van der Waals surface area contributed by atoms with E-state index in [1.165, 1.54) is 0 Å². The molecule has 4 aromatic rings. The molecule has 0 aliphatic carbocycles. The van der Waals surface area contributed by atoms with Crippen LogP contribution in [-0.4, -0.2) is 27.0 Å². The second kappa shape index (κ2) is 9.27. The van der Waals surface area contributed by atoms with Gasteiger partial charge < -0.3 is 20.2 Å². The topological polar surface area (TPSA) is 112 Å². The number of nitrogens with one attached hydrogen (secondary N) is 1. The number of hydrogen-bond acceptors (Lipinski definition) is 9. The zero-order valence-electron chi connectivity index (χ0n) is 16.3. The molecule has 9 heteroatoms. The fourth-order valence-corrected chi connectivity index (χ4v) is 3.52. The Morgan fingerprint density at radius 1 is 0.967 bits per heavy atom. The number of thioether (sulfide) groups is 1. The average molecular weight is 420 g/mol. The van der Waals surface area contributed by atoms with Gasteiger partial charge in [-0.2, -0.15) is 15.0 Å². The van der Waals surface area contributed by atoms with Crippen LogP contribution in [0, 0.1) is 0 Å². The summed E-state index contributed by atoms with van der Waals surface area (Å²) in [4.78, 5) is 17.4. The highest BCUT2D eigenvalue weighted by atomic mass is 32.2. The Morgan fingerprint density at radius 2 is 1.77 bits per heavy atom. The Balaban J connectivity index is 1.39. The first-order chi connectivity index (χ1) is 14.7. The molecule has 8 nitrogen and oxygen atoms in total. The van der Waals surface area contributed by atoms with Crippen LogP contribution in [-0.2, 0) is 11.5 Å². The SMILES string of the molecule is COc1ccccc1Nc1nc(N)nc(CSCc2coc(-c3ccccc3)n2)n1. The third-order valence-electron chi connectivity index (χ3n) is 4.11. The first-order valence-corrected chi connectivity index (χ1v) is 10.3. The largest absolute Gasteiger partial charge is 0.495 e. The van der Waals surface area contributed by atoms with Gasteiger partial charge in [0.15, 0.2) is 0 Å². The molecule has 2 aromatic heterocycles. The molecule has 0 atom stereocenters. The third-order valence-corrected chi connectivity index (χ3v) is 5.07. The van der Waals surface area contributed by atoms with E-state index in [2.05, 4.69) is 25.3 Å². The van der Waals surface area contributed by atoms with Crippen molar-refractivity contribution in [3.8, 4) is 17.2 Å². The second-order valence-electron chi connectivity index (χ2n) is 6.26. The molecule has 2 heterocycles. The molecule has 0 aliphatic rings. The standard InChI is InChI=1S/C21H20N6O2S/c1-28-17-10-6-5-9-16(17)24-21-26-18(25-20(22)27-21)13-30-12-15-11-29-19(23-15)14-7-3-2-4-8-14/h2-11H,12-13H2,1H3,(H3,22,24,25,26,27). The molecule has 0 saturated heterocycles. The van der Waals surface area contributed by atoms with Crippen LogP contribution in [0.25, 0.3) is 11.5 Å². The van der Waals surface area contributed by atoms with Crippen molar-refractivity contribution in [2.24, 2.45) is 0 Å². The maximum absolute atomic E-state index is 5.86. The van der Waals surface area contributed by atoms with Crippen molar-refractivity contribution in [3.05, 3.63) is 72.4 Å². The molecule has 152 valence electrons. The molecule has 0 saturated carbocycles. The number of rotatable bonds is 8. The Hall–Kier alpha value is -3.59.